The van der Waals surface area contributed by atoms with E-state index in [-0.39, 0.29) is 0 Å². The van der Waals surface area contributed by atoms with Crippen LogP contribution >= 0.6 is 11.3 Å². The number of rotatable bonds is 2. The van der Waals surface area contributed by atoms with Crippen molar-refractivity contribution in [3.63, 3.8) is 0 Å². The Kier molecular flexibility index (Phi) is 2.35. The molecule has 1 nitrogen and oxygen atoms in total. The van der Waals surface area contributed by atoms with Gasteiger partial charge >= 0.3 is 0 Å². The molecule has 0 saturated heterocycles. The van der Waals surface area contributed by atoms with Crippen LogP contribution in [0.5, 0.6) is 0 Å². The van der Waals surface area contributed by atoms with Gasteiger partial charge in [-0.2, -0.15) is 11.3 Å². The molecule has 2 atom stereocenters. The highest BCUT2D eigenvalue weighted by Gasteiger charge is 2.22. The Hall–Kier alpha value is -0.500. The van der Waals surface area contributed by atoms with Gasteiger partial charge in [-0.1, -0.05) is 13.3 Å². The number of nitrogens with one attached hydrogen (secondary N) is 1. The molecule has 1 aromatic rings. The summed E-state index contributed by atoms with van der Waals surface area (Å²) < 4.78 is 0. The second-order valence-corrected chi connectivity index (χ2v) is 4.45. The first kappa shape index (κ1) is 8.11. The maximum Gasteiger partial charge on any atom is 0.0451 e. The molecule has 0 aromatic carbocycles. The van der Waals surface area contributed by atoms with E-state index < -0.39 is 0 Å². The second kappa shape index (κ2) is 3.48. The zero-order chi connectivity index (χ0) is 8.39. The van der Waals surface area contributed by atoms with Crippen LogP contribution in [-0.4, -0.2) is 6.04 Å². The van der Waals surface area contributed by atoms with E-state index in [1.807, 2.05) is 0 Å². The molecule has 0 radical (unpaired) electrons. The van der Waals surface area contributed by atoms with Gasteiger partial charge in [0, 0.05) is 17.1 Å². The first-order chi connectivity index (χ1) is 5.86. The summed E-state index contributed by atoms with van der Waals surface area (Å²) in [6.45, 7) is 2.34. The Morgan fingerprint density at radius 3 is 3.00 bits per heavy atom. The highest BCUT2D eigenvalue weighted by Crippen LogP contribution is 2.28. The second-order valence-electron chi connectivity index (χ2n) is 3.67. The highest BCUT2D eigenvalue weighted by molar-refractivity contribution is 7.08. The van der Waals surface area contributed by atoms with Gasteiger partial charge in [-0.05, 0) is 30.2 Å². The van der Waals surface area contributed by atoms with Crippen LogP contribution < -0.4 is 5.32 Å². The quantitative estimate of drug-likeness (QED) is 0.737. The molecule has 1 heterocycles. The molecule has 1 aliphatic rings. The fourth-order valence-corrected chi connectivity index (χ4v) is 2.52. The first-order valence-electron chi connectivity index (χ1n) is 4.65. The van der Waals surface area contributed by atoms with Gasteiger partial charge in [-0.15, -0.1) is 0 Å². The summed E-state index contributed by atoms with van der Waals surface area (Å²) >= 11 is 1.76. The maximum atomic E-state index is 3.58. The lowest BCUT2D eigenvalue weighted by atomic mass is 10.1. The zero-order valence-electron chi connectivity index (χ0n) is 7.42. The molecule has 2 unspecified atom stereocenters. The van der Waals surface area contributed by atoms with Crippen molar-refractivity contribution in [1.82, 2.24) is 0 Å². The predicted molar refractivity (Wildman–Crippen MR) is 54.7 cm³/mol. The molecule has 1 N–H and O–H groups in total. The van der Waals surface area contributed by atoms with Gasteiger partial charge in [0.25, 0.3) is 0 Å². The van der Waals surface area contributed by atoms with Gasteiger partial charge in [-0.25, -0.2) is 0 Å². The molecule has 12 heavy (non-hydrogen) atoms. The Labute approximate surface area is 77.8 Å². The summed E-state index contributed by atoms with van der Waals surface area (Å²) in [5, 5.41) is 7.89. The van der Waals surface area contributed by atoms with Crippen molar-refractivity contribution >= 4 is 17.0 Å². The van der Waals surface area contributed by atoms with Crippen LogP contribution in [0.3, 0.4) is 0 Å². The van der Waals surface area contributed by atoms with Crippen LogP contribution in [0.1, 0.15) is 26.2 Å². The Morgan fingerprint density at radius 1 is 1.50 bits per heavy atom. The van der Waals surface area contributed by atoms with Crippen LogP contribution in [0.15, 0.2) is 16.8 Å². The van der Waals surface area contributed by atoms with Crippen LogP contribution in [-0.2, 0) is 0 Å². The van der Waals surface area contributed by atoms with Crippen LogP contribution in [0.2, 0.25) is 0 Å². The van der Waals surface area contributed by atoms with E-state index in [9.17, 15) is 0 Å². The summed E-state index contributed by atoms with van der Waals surface area (Å²) in [4.78, 5) is 0. The molecule has 1 aliphatic carbocycles. The minimum Gasteiger partial charge on any atom is -0.381 e. The number of thiophene rings is 1. The molecule has 0 amide bonds. The van der Waals surface area contributed by atoms with Crippen molar-refractivity contribution in [1.29, 1.82) is 0 Å². The molecular formula is C10H15NS. The van der Waals surface area contributed by atoms with E-state index in [4.69, 9.17) is 0 Å². The molecular weight excluding hydrogens is 166 g/mol. The maximum absolute atomic E-state index is 3.58. The SMILES string of the molecule is CC1CCCC1Nc1ccsc1. The van der Waals surface area contributed by atoms with Crippen molar-refractivity contribution in [3.05, 3.63) is 16.8 Å². The van der Waals surface area contributed by atoms with Crippen LogP contribution in [0.25, 0.3) is 0 Å². The first-order valence-corrected chi connectivity index (χ1v) is 5.59. The molecule has 2 rings (SSSR count). The molecule has 0 aliphatic heterocycles. The average molecular weight is 181 g/mol. The van der Waals surface area contributed by atoms with Gasteiger partial charge in [0.15, 0.2) is 0 Å². The standard InChI is InChI=1S/C10H15NS/c1-8-3-2-4-10(8)11-9-5-6-12-7-9/h5-8,10-11H,2-4H2,1H3. The number of hydrogen-bond acceptors (Lipinski definition) is 2. The molecule has 1 fully saturated rings. The lowest BCUT2D eigenvalue weighted by molar-refractivity contribution is 0.556. The number of anilines is 1. The zero-order valence-corrected chi connectivity index (χ0v) is 8.23. The average Bonchev–Trinajstić information content (AvgIpc) is 2.65. The lowest BCUT2D eigenvalue weighted by Gasteiger charge is -2.17. The van der Waals surface area contributed by atoms with Crippen molar-refractivity contribution < 1.29 is 0 Å². The van der Waals surface area contributed by atoms with E-state index in [1.165, 1.54) is 24.9 Å². The van der Waals surface area contributed by atoms with Gasteiger partial charge in [0.1, 0.15) is 0 Å². The van der Waals surface area contributed by atoms with E-state index in [1.54, 1.807) is 11.3 Å². The molecule has 1 aromatic heterocycles. The van der Waals surface area contributed by atoms with Gasteiger partial charge in [-0.3, -0.25) is 0 Å². The third kappa shape index (κ3) is 1.63. The molecule has 2 heteroatoms. The normalized spacial score (nSPS) is 29.1. The van der Waals surface area contributed by atoms with Gasteiger partial charge < -0.3 is 5.32 Å². The minimum atomic E-state index is 0.722. The van der Waals surface area contributed by atoms with E-state index >= 15 is 0 Å². The van der Waals surface area contributed by atoms with Crippen molar-refractivity contribution in [3.8, 4) is 0 Å². The van der Waals surface area contributed by atoms with Crippen molar-refractivity contribution in [2.24, 2.45) is 5.92 Å². The van der Waals surface area contributed by atoms with Crippen molar-refractivity contribution in [2.75, 3.05) is 5.32 Å². The highest BCUT2D eigenvalue weighted by atomic mass is 32.1. The van der Waals surface area contributed by atoms with E-state index in [0.29, 0.717) is 0 Å². The lowest BCUT2D eigenvalue weighted by Crippen LogP contribution is -2.21. The summed E-state index contributed by atoms with van der Waals surface area (Å²) in [7, 11) is 0. The largest absolute Gasteiger partial charge is 0.381 e. The van der Waals surface area contributed by atoms with E-state index in [2.05, 4.69) is 29.1 Å². The van der Waals surface area contributed by atoms with E-state index in [0.717, 1.165) is 12.0 Å². The fourth-order valence-electron chi connectivity index (χ4n) is 1.92. The molecule has 66 valence electrons. The summed E-state index contributed by atoms with van der Waals surface area (Å²) in [6, 6.07) is 2.88. The smallest absolute Gasteiger partial charge is 0.0451 e. The molecule has 0 spiro atoms. The summed E-state index contributed by atoms with van der Waals surface area (Å²) in [6.07, 6.45) is 4.13. The minimum absolute atomic E-state index is 0.722. The monoisotopic (exact) mass is 181 g/mol. The topological polar surface area (TPSA) is 12.0 Å². The Balaban J connectivity index is 1.95. The van der Waals surface area contributed by atoms with Gasteiger partial charge in [0.05, 0.1) is 0 Å². The summed E-state index contributed by atoms with van der Waals surface area (Å²) in [5.41, 5.74) is 1.30. The fraction of sp³-hybridized carbons (Fsp3) is 0.600. The third-order valence-electron chi connectivity index (χ3n) is 2.73. The molecule has 1 saturated carbocycles. The Bertz CT molecular complexity index is 230. The van der Waals surface area contributed by atoms with Crippen LogP contribution in [0, 0.1) is 5.92 Å². The predicted octanol–water partition coefficient (Wildman–Crippen LogP) is 3.35. The van der Waals surface area contributed by atoms with Crippen molar-refractivity contribution in [2.45, 2.75) is 32.2 Å². The summed E-state index contributed by atoms with van der Waals surface area (Å²) in [5.74, 6) is 0.852. The van der Waals surface area contributed by atoms with Crippen LogP contribution in [0.4, 0.5) is 5.69 Å². The Morgan fingerprint density at radius 2 is 2.42 bits per heavy atom. The third-order valence-corrected chi connectivity index (χ3v) is 3.42. The molecule has 0 bridgehead atoms. The van der Waals surface area contributed by atoms with Gasteiger partial charge in [0.2, 0.25) is 0 Å². The number of hydrogen-bond donors (Lipinski definition) is 1.